The summed E-state index contributed by atoms with van der Waals surface area (Å²) in [4.78, 5) is 25.5. The van der Waals surface area contributed by atoms with E-state index >= 15 is 0 Å². The van der Waals surface area contributed by atoms with Crippen LogP contribution in [-0.4, -0.2) is 55.4 Å². The van der Waals surface area contributed by atoms with Crippen molar-refractivity contribution in [2.24, 2.45) is 0 Å². The predicted molar refractivity (Wildman–Crippen MR) is 94.2 cm³/mol. The highest BCUT2D eigenvalue weighted by molar-refractivity contribution is 5.91. The van der Waals surface area contributed by atoms with E-state index < -0.39 is 5.60 Å². The number of nitrogens with zero attached hydrogens (tertiary/aromatic N) is 1. The van der Waals surface area contributed by atoms with Crippen molar-refractivity contribution in [3.8, 4) is 5.75 Å². The summed E-state index contributed by atoms with van der Waals surface area (Å²) in [5.41, 5.74) is 0.641. The fraction of sp³-hybridized carbons (Fsp3) is 0.556. The minimum Gasteiger partial charge on any atom is -0.495 e. The van der Waals surface area contributed by atoms with E-state index in [1.165, 1.54) is 0 Å². The van der Waals surface area contributed by atoms with Gasteiger partial charge < -0.3 is 24.4 Å². The van der Waals surface area contributed by atoms with Crippen molar-refractivity contribution in [2.45, 2.75) is 39.3 Å². The molecule has 7 nitrogen and oxygen atoms in total. The van der Waals surface area contributed by atoms with Gasteiger partial charge in [-0.2, -0.15) is 0 Å². The third-order valence-electron chi connectivity index (χ3n) is 3.60. The van der Waals surface area contributed by atoms with Crippen molar-refractivity contribution in [3.05, 3.63) is 23.8 Å². The Morgan fingerprint density at radius 2 is 1.96 bits per heavy atom. The summed E-state index contributed by atoms with van der Waals surface area (Å²) in [6.07, 6.45) is -0.321. The van der Waals surface area contributed by atoms with E-state index in [0.717, 1.165) is 0 Å². The topological polar surface area (TPSA) is 77.1 Å². The number of hydrogen-bond donors (Lipinski definition) is 1. The van der Waals surface area contributed by atoms with Gasteiger partial charge in [-0.05, 0) is 45.9 Å². The number of nitrogens with one attached hydrogen (secondary N) is 1. The standard InChI is InChI=1S/C18H26N2O5/c1-6-24-16(21)12-7-8-15(23-5)14(9-12)19-13-10-20(11-13)17(22)25-18(2,3)4/h7-9,13,19H,6,10-11H2,1-5H3. The Hall–Kier alpha value is -2.44. The minimum absolute atomic E-state index is 0.0684. The number of amides is 1. The Morgan fingerprint density at radius 1 is 1.28 bits per heavy atom. The number of ether oxygens (including phenoxy) is 3. The van der Waals surface area contributed by atoms with Crippen molar-refractivity contribution >= 4 is 17.7 Å². The van der Waals surface area contributed by atoms with Crippen LogP contribution in [0, 0.1) is 0 Å². The molecule has 0 aromatic heterocycles. The fourth-order valence-electron chi connectivity index (χ4n) is 2.43. The molecule has 0 atom stereocenters. The number of carbonyl (C=O) groups excluding carboxylic acids is 2. The Morgan fingerprint density at radius 3 is 2.52 bits per heavy atom. The zero-order chi connectivity index (χ0) is 18.6. The largest absolute Gasteiger partial charge is 0.495 e. The van der Waals surface area contributed by atoms with Crippen LogP contribution >= 0.6 is 0 Å². The molecule has 1 aliphatic heterocycles. The van der Waals surface area contributed by atoms with Gasteiger partial charge in [0.1, 0.15) is 11.4 Å². The van der Waals surface area contributed by atoms with Gasteiger partial charge in [0, 0.05) is 13.1 Å². The van der Waals surface area contributed by atoms with Gasteiger partial charge in [0.15, 0.2) is 0 Å². The van der Waals surface area contributed by atoms with Crippen molar-refractivity contribution in [2.75, 3.05) is 32.1 Å². The Bertz CT molecular complexity index is 633. The van der Waals surface area contributed by atoms with Gasteiger partial charge in [0.2, 0.25) is 0 Å². The first-order chi connectivity index (χ1) is 11.7. The maximum atomic E-state index is 12.0. The van der Waals surface area contributed by atoms with Gasteiger partial charge in [-0.25, -0.2) is 9.59 Å². The number of anilines is 1. The summed E-state index contributed by atoms with van der Waals surface area (Å²) in [6.45, 7) is 8.66. The van der Waals surface area contributed by atoms with Gasteiger partial charge in [0.25, 0.3) is 0 Å². The molecule has 138 valence electrons. The molecule has 1 aromatic rings. The first-order valence-corrected chi connectivity index (χ1v) is 8.33. The number of likely N-dealkylation sites (tertiary alicyclic amines) is 1. The van der Waals surface area contributed by atoms with Gasteiger partial charge >= 0.3 is 12.1 Å². The SMILES string of the molecule is CCOC(=O)c1ccc(OC)c(NC2CN(C(=O)OC(C)(C)C)C2)c1. The minimum atomic E-state index is -0.507. The highest BCUT2D eigenvalue weighted by Gasteiger charge is 2.34. The zero-order valence-corrected chi connectivity index (χ0v) is 15.4. The van der Waals surface area contributed by atoms with Crippen LogP contribution in [0.4, 0.5) is 10.5 Å². The molecular weight excluding hydrogens is 324 g/mol. The Kier molecular flexibility index (Phi) is 5.77. The quantitative estimate of drug-likeness (QED) is 0.823. The second-order valence-electron chi connectivity index (χ2n) is 6.86. The molecule has 1 saturated heterocycles. The average Bonchev–Trinajstić information content (AvgIpc) is 2.48. The number of esters is 1. The predicted octanol–water partition coefficient (Wildman–Crippen LogP) is 2.90. The molecule has 0 bridgehead atoms. The second-order valence-corrected chi connectivity index (χ2v) is 6.86. The van der Waals surface area contributed by atoms with Gasteiger partial charge in [-0.3, -0.25) is 0 Å². The van der Waals surface area contributed by atoms with Crippen LogP contribution in [-0.2, 0) is 9.47 Å². The molecule has 0 unspecified atom stereocenters. The van der Waals surface area contributed by atoms with E-state index in [1.54, 1.807) is 37.1 Å². The van der Waals surface area contributed by atoms with E-state index in [2.05, 4.69) is 5.32 Å². The molecule has 7 heteroatoms. The van der Waals surface area contributed by atoms with Crippen molar-refractivity contribution < 1.29 is 23.8 Å². The normalized spacial score (nSPS) is 14.5. The number of rotatable bonds is 5. The van der Waals surface area contributed by atoms with Crippen molar-refractivity contribution in [3.63, 3.8) is 0 Å². The summed E-state index contributed by atoms with van der Waals surface area (Å²) in [7, 11) is 1.57. The molecule has 1 fully saturated rings. The van der Waals surface area contributed by atoms with E-state index in [9.17, 15) is 9.59 Å². The molecule has 0 aliphatic carbocycles. The summed E-state index contributed by atoms with van der Waals surface area (Å²) in [5, 5.41) is 3.30. The maximum absolute atomic E-state index is 12.0. The molecule has 2 rings (SSSR count). The van der Waals surface area contributed by atoms with Crippen LogP contribution in [0.1, 0.15) is 38.1 Å². The summed E-state index contributed by atoms with van der Waals surface area (Å²) in [5.74, 6) is 0.251. The van der Waals surface area contributed by atoms with Crippen molar-refractivity contribution in [1.29, 1.82) is 0 Å². The van der Waals surface area contributed by atoms with Crippen LogP contribution in [0.15, 0.2) is 18.2 Å². The Labute approximate surface area is 148 Å². The maximum Gasteiger partial charge on any atom is 0.410 e. The number of carbonyl (C=O) groups is 2. The average molecular weight is 350 g/mol. The molecule has 1 N–H and O–H groups in total. The molecule has 25 heavy (non-hydrogen) atoms. The molecule has 1 amide bonds. The number of hydrogen-bond acceptors (Lipinski definition) is 6. The molecule has 0 spiro atoms. The lowest BCUT2D eigenvalue weighted by Crippen LogP contribution is -2.57. The highest BCUT2D eigenvalue weighted by atomic mass is 16.6. The van der Waals surface area contributed by atoms with Crippen LogP contribution in [0.25, 0.3) is 0 Å². The summed E-state index contributed by atoms with van der Waals surface area (Å²) < 4.78 is 15.7. The lowest BCUT2D eigenvalue weighted by molar-refractivity contribution is 0.0105. The number of benzene rings is 1. The second kappa shape index (κ2) is 7.63. The monoisotopic (exact) mass is 350 g/mol. The third kappa shape index (κ3) is 5.01. The number of methoxy groups -OCH3 is 1. The molecular formula is C18H26N2O5. The first-order valence-electron chi connectivity index (χ1n) is 8.33. The van der Waals surface area contributed by atoms with Gasteiger partial charge in [0.05, 0.1) is 31.0 Å². The van der Waals surface area contributed by atoms with E-state index in [-0.39, 0.29) is 18.1 Å². The lowest BCUT2D eigenvalue weighted by atomic mass is 10.1. The smallest absolute Gasteiger partial charge is 0.410 e. The van der Waals surface area contributed by atoms with Crippen molar-refractivity contribution in [1.82, 2.24) is 4.90 Å². The zero-order valence-electron chi connectivity index (χ0n) is 15.4. The van der Waals surface area contributed by atoms with Crippen LogP contribution in [0.2, 0.25) is 0 Å². The van der Waals surface area contributed by atoms with Crippen LogP contribution < -0.4 is 10.1 Å². The summed E-state index contributed by atoms with van der Waals surface area (Å²) >= 11 is 0. The highest BCUT2D eigenvalue weighted by Crippen LogP contribution is 2.28. The Balaban J connectivity index is 1.98. The molecule has 1 heterocycles. The van der Waals surface area contributed by atoms with Crippen LogP contribution in [0.3, 0.4) is 0 Å². The molecule has 1 aromatic carbocycles. The lowest BCUT2D eigenvalue weighted by Gasteiger charge is -2.40. The molecule has 1 aliphatic rings. The van der Waals surface area contributed by atoms with Gasteiger partial charge in [-0.1, -0.05) is 0 Å². The van der Waals surface area contributed by atoms with E-state index in [1.807, 2.05) is 20.8 Å². The molecule has 0 saturated carbocycles. The summed E-state index contributed by atoms with van der Waals surface area (Å²) in [6, 6.07) is 5.15. The van der Waals surface area contributed by atoms with Gasteiger partial charge in [-0.15, -0.1) is 0 Å². The molecule has 0 radical (unpaired) electrons. The van der Waals surface area contributed by atoms with E-state index in [0.29, 0.717) is 36.7 Å². The van der Waals surface area contributed by atoms with E-state index in [4.69, 9.17) is 14.2 Å². The third-order valence-corrected chi connectivity index (χ3v) is 3.60. The first kappa shape index (κ1) is 18.9. The van der Waals surface area contributed by atoms with Crippen LogP contribution in [0.5, 0.6) is 5.75 Å². The fourth-order valence-corrected chi connectivity index (χ4v) is 2.43.